The Hall–Kier alpha value is -0.930. The van der Waals surface area contributed by atoms with Gasteiger partial charge in [-0.15, -0.1) is 0 Å². The van der Waals surface area contributed by atoms with Crippen molar-refractivity contribution in [3.8, 4) is 0 Å². The second-order valence-corrected chi connectivity index (χ2v) is 4.49. The number of piperidine rings is 1. The molecule has 0 saturated carbocycles. The zero-order valence-corrected chi connectivity index (χ0v) is 9.68. The maximum absolute atomic E-state index is 9.07. The van der Waals surface area contributed by atoms with Crippen LogP contribution in [0.1, 0.15) is 31.2 Å². The fourth-order valence-electron chi connectivity index (χ4n) is 2.47. The van der Waals surface area contributed by atoms with Gasteiger partial charge < -0.3 is 5.11 Å². The van der Waals surface area contributed by atoms with Crippen LogP contribution >= 0.6 is 0 Å². The van der Waals surface area contributed by atoms with E-state index < -0.39 is 0 Å². The van der Waals surface area contributed by atoms with Crippen LogP contribution in [0, 0.1) is 0 Å². The fraction of sp³-hybridized carbons (Fsp3) is 0.615. The predicted molar refractivity (Wildman–Crippen MR) is 64.0 cm³/mol. The second-order valence-electron chi connectivity index (χ2n) is 4.49. The van der Waals surface area contributed by atoms with E-state index in [1.54, 1.807) is 0 Å². The molecular formula is C13H20N2O. The van der Waals surface area contributed by atoms with E-state index in [0.717, 1.165) is 19.5 Å². The summed E-state index contributed by atoms with van der Waals surface area (Å²) in [6.07, 6.45) is 8.42. The molecule has 1 aromatic heterocycles. The largest absolute Gasteiger partial charge is 0.396 e. The monoisotopic (exact) mass is 220 g/mol. The standard InChI is InChI=1S/C13H20N2O/c16-10-6-13-3-1-2-9-15(13)11-12-4-7-14-8-5-12/h4-5,7-8,13,16H,1-3,6,9-11H2/t13-/m1/s1. The van der Waals surface area contributed by atoms with Crippen LogP contribution in [0.2, 0.25) is 0 Å². The lowest BCUT2D eigenvalue weighted by Gasteiger charge is -2.35. The molecule has 16 heavy (non-hydrogen) atoms. The van der Waals surface area contributed by atoms with Crippen molar-refractivity contribution in [3.05, 3.63) is 30.1 Å². The van der Waals surface area contributed by atoms with E-state index in [-0.39, 0.29) is 0 Å². The third-order valence-corrected chi connectivity index (χ3v) is 3.35. The number of aromatic nitrogens is 1. The van der Waals surface area contributed by atoms with Crippen molar-refractivity contribution < 1.29 is 5.11 Å². The van der Waals surface area contributed by atoms with E-state index >= 15 is 0 Å². The molecule has 1 atom stereocenters. The van der Waals surface area contributed by atoms with E-state index in [1.165, 1.54) is 24.8 Å². The molecule has 1 aliphatic heterocycles. The zero-order chi connectivity index (χ0) is 11.2. The lowest BCUT2D eigenvalue weighted by molar-refractivity contribution is 0.112. The van der Waals surface area contributed by atoms with Crippen molar-refractivity contribution in [3.63, 3.8) is 0 Å². The van der Waals surface area contributed by atoms with Gasteiger partial charge >= 0.3 is 0 Å². The van der Waals surface area contributed by atoms with Crippen molar-refractivity contribution >= 4 is 0 Å². The molecule has 1 saturated heterocycles. The van der Waals surface area contributed by atoms with E-state index in [1.807, 2.05) is 12.4 Å². The second kappa shape index (κ2) is 5.97. The van der Waals surface area contributed by atoms with Crippen molar-refractivity contribution in [1.29, 1.82) is 0 Å². The summed E-state index contributed by atoms with van der Waals surface area (Å²) >= 11 is 0. The lowest BCUT2D eigenvalue weighted by atomic mass is 9.99. The van der Waals surface area contributed by atoms with Gasteiger partial charge in [0.2, 0.25) is 0 Å². The first-order valence-corrected chi connectivity index (χ1v) is 6.14. The molecule has 1 N–H and O–H groups in total. The van der Waals surface area contributed by atoms with E-state index in [9.17, 15) is 0 Å². The molecule has 0 aliphatic carbocycles. The van der Waals surface area contributed by atoms with E-state index in [2.05, 4.69) is 22.0 Å². The zero-order valence-electron chi connectivity index (χ0n) is 9.68. The molecule has 1 fully saturated rings. The van der Waals surface area contributed by atoms with Gasteiger partial charge in [-0.3, -0.25) is 9.88 Å². The average Bonchev–Trinajstić information content (AvgIpc) is 2.33. The molecule has 0 aromatic carbocycles. The molecule has 1 aliphatic rings. The molecule has 3 nitrogen and oxygen atoms in total. The summed E-state index contributed by atoms with van der Waals surface area (Å²) in [5, 5.41) is 9.07. The van der Waals surface area contributed by atoms with Gasteiger partial charge in [-0.2, -0.15) is 0 Å². The van der Waals surface area contributed by atoms with Gasteiger partial charge in [-0.05, 0) is 43.5 Å². The Labute approximate surface area is 97.1 Å². The number of aliphatic hydroxyl groups is 1. The minimum absolute atomic E-state index is 0.303. The van der Waals surface area contributed by atoms with E-state index in [0.29, 0.717) is 12.6 Å². The number of hydrogen-bond donors (Lipinski definition) is 1. The Balaban J connectivity index is 1.96. The van der Waals surface area contributed by atoms with Crippen LogP contribution in [-0.4, -0.2) is 34.2 Å². The van der Waals surface area contributed by atoms with E-state index in [4.69, 9.17) is 5.11 Å². The predicted octanol–water partition coefficient (Wildman–Crippen LogP) is 1.82. The van der Waals surface area contributed by atoms with Crippen LogP contribution in [0.15, 0.2) is 24.5 Å². The Kier molecular flexibility index (Phi) is 4.31. The number of likely N-dealkylation sites (tertiary alicyclic amines) is 1. The average molecular weight is 220 g/mol. The number of hydrogen-bond acceptors (Lipinski definition) is 3. The SMILES string of the molecule is OCC[C@H]1CCCCN1Cc1ccncc1. The lowest BCUT2D eigenvalue weighted by Crippen LogP contribution is -2.39. The molecule has 2 heterocycles. The van der Waals surface area contributed by atoms with Gasteiger partial charge in [0.1, 0.15) is 0 Å². The number of nitrogens with zero attached hydrogens (tertiary/aromatic N) is 2. The summed E-state index contributed by atoms with van der Waals surface area (Å²) in [5.74, 6) is 0. The first kappa shape index (κ1) is 11.6. The molecule has 0 unspecified atom stereocenters. The highest BCUT2D eigenvalue weighted by Crippen LogP contribution is 2.21. The van der Waals surface area contributed by atoms with Crippen LogP contribution in [-0.2, 0) is 6.54 Å². The van der Waals surface area contributed by atoms with Crippen LogP contribution in [0.4, 0.5) is 0 Å². The molecule has 0 radical (unpaired) electrons. The quantitative estimate of drug-likeness (QED) is 0.841. The van der Waals surface area contributed by atoms with Crippen LogP contribution in [0.25, 0.3) is 0 Å². The molecular weight excluding hydrogens is 200 g/mol. The first-order chi connectivity index (χ1) is 7.90. The summed E-state index contributed by atoms with van der Waals surface area (Å²) in [5.41, 5.74) is 1.32. The number of rotatable bonds is 4. The normalized spacial score (nSPS) is 22.2. The molecule has 0 spiro atoms. The molecule has 1 aromatic rings. The van der Waals surface area contributed by atoms with Crippen molar-refractivity contribution in [1.82, 2.24) is 9.88 Å². The molecule has 3 heteroatoms. The summed E-state index contributed by atoms with van der Waals surface area (Å²) in [4.78, 5) is 6.53. The molecule has 0 bridgehead atoms. The number of pyridine rings is 1. The van der Waals surface area contributed by atoms with Gasteiger partial charge in [0.25, 0.3) is 0 Å². The molecule has 0 amide bonds. The topological polar surface area (TPSA) is 36.4 Å². The minimum Gasteiger partial charge on any atom is -0.396 e. The Morgan fingerprint density at radius 3 is 2.88 bits per heavy atom. The maximum atomic E-state index is 9.07. The summed E-state index contributed by atoms with van der Waals surface area (Å²) in [6, 6.07) is 4.71. The highest BCUT2D eigenvalue weighted by Gasteiger charge is 2.21. The highest BCUT2D eigenvalue weighted by atomic mass is 16.3. The maximum Gasteiger partial charge on any atom is 0.0445 e. The van der Waals surface area contributed by atoms with Crippen molar-refractivity contribution in [2.45, 2.75) is 38.3 Å². The van der Waals surface area contributed by atoms with Crippen LogP contribution in [0.3, 0.4) is 0 Å². The third kappa shape index (κ3) is 3.03. The van der Waals surface area contributed by atoms with Gasteiger partial charge in [-0.25, -0.2) is 0 Å². The summed E-state index contributed by atoms with van der Waals surface area (Å²) in [7, 11) is 0. The van der Waals surface area contributed by atoms with Gasteiger partial charge in [0, 0.05) is 31.6 Å². The first-order valence-electron chi connectivity index (χ1n) is 6.14. The summed E-state index contributed by atoms with van der Waals surface area (Å²) in [6.45, 7) is 2.46. The smallest absolute Gasteiger partial charge is 0.0445 e. The van der Waals surface area contributed by atoms with Gasteiger partial charge in [0.15, 0.2) is 0 Å². The van der Waals surface area contributed by atoms with Crippen LogP contribution in [0.5, 0.6) is 0 Å². The summed E-state index contributed by atoms with van der Waals surface area (Å²) < 4.78 is 0. The Morgan fingerprint density at radius 1 is 1.31 bits per heavy atom. The minimum atomic E-state index is 0.303. The van der Waals surface area contributed by atoms with Gasteiger partial charge in [-0.1, -0.05) is 6.42 Å². The van der Waals surface area contributed by atoms with Crippen LogP contribution < -0.4 is 0 Å². The highest BCUT2D eigenvalue weighted by molar-refractivity contribution is 5.09. The van der Waals surface area contributed by atoms with Gasteiger partial charge in [0.05, 0.1) is 0 Å². The Bertz CT molecular complexity index is 300. The fourth-order valence-corrected chi connectivity index (χ4v) is 2.47. The van der Waals surface area contributed by atoms with Crippen molar-refractivity contribution in [2.24, 2.45) is 0 Å². The van der Waals surface area contributed by atoms with Crippen molar-refractivity contribution in [2.75, 3.05) is 13.2 Å². The molecule has 88 valence electrons. The third-order valence-electron chi connectivity index (χ3n) is 3.35. The molecule has 2 rings (SSSR count). The number of aliphatic hydroxyl groups excluding tert-OH is 1. The Morgan fingerprint density at radius 2 is 2.12 bits per heavy atom.